The zero-order valence-electron chi connectivity index (χ0n) is 13.1. The first-order valence-electron chi connectivity index (χ1n) is 8.15. The highest BCUT2D eigenvalue weighted by Crippen LogP contribution is 2.24. The van der Waals surface area contributed by atoms with Gasteiger partial charge in [0.2, 0.25) is 5.91 Å². The summed E-state index contributed by atoms with van der Waals surface area (Å²) in [6, 6.07) is 17.3. The van der Waals surface area contributed by atoms with E-state index in [1.807, 2.05) is 54.6 Å². The monoisotopic (exact) mass is 310 g/mol. The van der Waals surface area contributed by atoms with Crippen molar-refractivity contribution in [2.75, 3.05) is 17.2 Å². The van der Waals surface area contributed by atoms with Crippen molar-refractivity contribution in [2.24, 2.45) is 0 Å². The third-order valence-electron chi connectivity index (χ3n) is 3.97. The molecule has 0 aliphatic heterocycles. The van der Waals surface area contributed by atoms with Gasteiger partial charge < -0.3 is 15.4 Å². The maximum Gasteiger partial charge on any atom is 0.243 e. The molecule has 0 aromatic heterocycles. The van der Waals surface area contributed by atoms with Gasteiger partial charge in [-0.3, -0.25) is 4.79 Å². The van der Waals surface area contributed by atoms with Crippen LogP contribution in [0, 0.1) is 0 Å². The number of amides is 1. The topological polar surface area (TPSA) is 50.4 Å². The zero-order chi connectivity index (χ0) is 15.9. The maximum absolute atomic E-state index is 11.9. The van der Waals surface area contributed by atoms with Crippen molar-refractivity contribution in [1.29, 1.82) is 0 Å². The summed E-state index contributed by atoms with van der Waals surface area (Å²) >= 11 is 0. The van der Waals surface area contributed by atoms with Crippen LogP contribution in [0.1, 0.15) is 25.7 Å². The lowest BCUT2D eigenvalue weighted by molar-refractivity contribution is -0.114. The SMILES string of the molecule is O=C(CNc1ccccc1)Nc1ccc(OC2CCCC2)cc1. The van der Waals surface area contributed by atoms with Gasteiger partial charge in [-0.15, -0.1) is 0 Å². The molecule has 0 spiro atoms. The Morgan fingerprint density at radius 1 is 0.957 bits per heavy atom. The quantitative estimate of drug-likeness (QED) is 0.846. The Morgan fingerprint density at radius 3 is 2.35 bits per heavy atom. The van der Waals surface area contributed by atoms with Gasteiger partial charge in [-0.2, -0.15) is 0 Å². The minimum absolute atomic E-state index is 0.0710. The van der Waals surface area contributed by atoms with Crippen LogP contribution in [0.15, 0.2) is 54.6 Å². The molecule has 2 N–H and O–H groups in total. The van der Waals surface area contributed by atoms with Gasteiger partial charge >= 0.3 is 0 Å². The minimum atomic E-state index is -0.0710. The van der Waals surface area contributed by atoms with Gasteiger partial charge in [0.05, 0.1) is 12.6 Å². The fourth-order valence-electron chi connectivity index (χ4n) is 2.76. The second-order valence-electron chi connectivity index (χ2n) is 5.82. The summed E-state index contributed by atoms with van der Waals surface area (Å²) in [6.07, 6.45) is 5.15. The molecule has 120 valence electrons. The van der Waals surface area contributed by atoms with Crippen LogP contribution in [0.2, 0.25) is 0 Å². The number of anilines is 2. The fraction of sp³-hybridized carbons (Fsp3) is 0.316. The molecule has 0 heterocycles. The molecular formula is C19H22N2O2. The van der Waals surface area contributed by atoms with Crippen LogP contribution in [0.25, 0.3) is 0 Å². The molecule has 3 rings (SSSR count). The maximum atomic E-state index is 11.9. The lowest BCUT2D eigenvalue weighted by atomic mass is 10.2. The van der Waals surface area contributed by atoms with Gasteiger partial charge in [0.1, 0.15) is 5.75 Å². The average Bonchev–Trinajstić information content (AvgIpc) is 3.09. The van der Waals surface area contributed by atoms with E-state index in [9.17, 15) is 4.79 Å². The third kappa shape index (κ3) is 4.74. The van der Waals surface area contributed by atoms with Crippen LogP contribution >= 0.6 is 0 Å². The van der Waals surface area contributed by atoms with Crippen LogP contribution in [-0.4, -0.2) is 18.6 Å². The zero-order valence-corrected chi connectivity index (χ0v) is 13.1. The van der Waals surface area contributed by atoms with Gasteiger partial charge in [0.25, 0.3) is 0 Å². The number of benzene rings is 2. The molecule has 1 aliphatic rings. The number of para-hydroxylation sites is 1. The average molecular weight is 310 g/mol. The van der Waals surface area contributed by atoms with Crippen molar-refractivity contribution in [3.05, 3.63) is 54.6 Å². The number of carbonyl (C=O) groups excluding carboxylic acids is 1. The van der Waals surface area contributed by atoms with Gasteiger partial charge in [-0.05, 0) is 62.1 Å². The van der Waals surface area contributed by atoms with E-state index in [-0.39, 0.29) is 12.5 Å². The molecule has 0 saturated heterocycles. The molecule has 0 radical (unpaired) electrons. The van der Waals surface area contributed by atoms with Crippen molar-refractivity contribution in [3.63, 3.8) is 0 Å². The second kappa shape index (κ2) is 7.68. The summed E-state index contributed by atoms with van der Waals surface area (Å²) in [4.78, 5) is 11.9. The van der Waals surface area contributed by atoms with E-state index in [1.54, 1.807) is 0 Å². The molecule has 1 aliphatic carbocycles. The molecular weight excluding hydrogens is 288 g/mol. The first-order chi connectivity index (χ1) is 11.3. The van der Waals surface area contributed by atoms with Crippen molar-refractivity contribution in [2.45, 2.75) is 31.8 Å². The predicted octanol–water partition coefficient (Wildman–Crippen LogP) is 4.06. The number of carbonyl (C=O) groups is 1. The molecule has 4 nitrogen and oxygen atoms in total. The number of hydrogen-bond acceptors (Lipinski definition) is 3. The Kier molecular flexibility index (Phi) is 5.14. The normalized spacial score (nSPS) is 14.4. The van der Waals surface area contributed by atoms with Crippen LogP contribution in [0.3, 0.4) is 0 Å². The van der Waals surface area contributed by atoms with Gasteiger partial charge in [0, 0.05) is 11.4 Å². The van der Waals surface area contributed by atoms with E-state index in [2.05, 4.69) is 10.6 Å². The minimum Gasteiger partial charge on any atom is -0.490 e. The summed E-state index contributed by atoms with van der Waals surface area (Å²) in [6.45, 7) is 0.240. The first-order valence-corrected chi connectivity index (χ1v) is 8.15. The number of hydrogen-bond donors (Lipinski definition) is 2. The Balaban J connectivity index is 1.46. The van der Waals surface area contributed by atoms with Gasteiger partial charge in [-0.25, -0.2) is 0 Å². The standard InChI is InChI=1S/C19H22N2O2/c22-19(14-20-15-6-2-1-3-7-15)21-16-10-12-18(13-11-16)23-17-8-4-5-9-17/h1-3,6-7,10-13,17,20H,4-5,8-9,14H2,(H,21,22). The summed E-state index contributed by atoms with van der Waals surface area (Å²) in [5, 5.41) is 5.96. The van der Waals surface area contributed by atoms with Crippen molar-refractivity contribution >= 4 is 17.3 Å². The van der Waals surface area contributed by atoms with Crippen molar-refractivity contribution in [3.8, 4) is 5.75 Å². The van der Waals surface area contributed by atoms with E-state index in [0.717, 1.165) is 30.0 Å². The van der Waals surface area contributed by atoms with Crippen LogP contribution < -0.4 is 15.4 Å². The molecule has 1 fully saturated rings. The van der Waals surface area contributed by atoms with Crippen LogP contribution in [0.5, 0.6) is 5.75 Å². The highest BCUT2D eigenvalue weighted by atomic mass is 16.5. The molecule has 0 bridgehead atoms. The van der Waals surface area contributed by atoms with Gasteiger partial charge in [-0.1, -0.05) is 18.2 Å². The highest BCUT2D eigenvalue weighted by Gasteiger charge is 2.16. The lowest BCUT2D eigenvalue weighted by Crippen LogP contribution is -2.21. The Bertz CT molecular complexity index is 620. The molecule has 23 heavy (non-hydrogen) atoms. The van der Waals surface area contributed by atoms with E-state index in [4.69, 9.17) is 4.74 Å². The Morgan fingerprint density at radius 2 is 1.65 bits per heavy atom. The Labute approximate surface area is 136 Å². The molecule has 0 atom stereocenters. The smallest absolute Gasteiger partial charge is 0.243 e. The lowest BCUT2D eigenvalue weighted by Gasteiger charge is -2.13. The molecule has 0 unspecified atom stereocenters. The van der Waals surface area contributed by atoms with E-state index >= 15 is 0 Å². The molecule has 1 amide bonds. The Hall–Kier alpha value is -2.49. The number of nitrogens with one attached hydrogen (secondary N) is 2. The molecule has 2 aromatic carbocycles. The predicted molar refractivity (Wildman–Crippen MR) is 92.9 cm³/mol. The van der Waals surface area contributed by atoms with E-state index < -0.39 is 0 Å². The van der Waals surface area contributed by atoms with Crippen molar-refractivity contribution < 1.29 is 9.53 Å². The molecule has 4 heteroatoms. The molecule has 2 aromatic rings. The summed E-state index contributed by atoms with van der Waals surface area (Å²) in [5.74, 6) is 0.802. The number of rotatable bonds is 6. The largest absolute Gasteiger partial charge is 0.490 e. The third-order valence-corrected chi connectivity index (χ3v) is 3.97. The van der Waals surface area contributed by atoms with E-state index in [0.29, 0.717) is 6.10 Å². The van der Waals surface area contributed by atoms with E-state index in [1.165, 1.54) is 12.8 Å². The van der Waals surface area contributed by atoms with Crippen molar-refractivity contribution in [1.82, 2.24) is 0 Å². The first kappa shape index (κ1) is 15.4. The highest BCUT2D eigenvalue weighted by molar-refractivity contribution is 5.93. The van der Waals surface area contributed by atoms with Crippen LogP contribution in [0.4, 0.5) is 11.4 Å². The molecule has 1 saturated carbocycles. The van der Waals surface area contributed by atoms with Crippen LogP contribution in [-0.2, 0) is 4.79 Å². The van der Waals surface area contributed by atoms with Gasteiger partial charge in [0.15, 0.2) is 0 Å². The summed E-state index contributed by atoms with van der Waals surface area (Å²) < 4.78 is 5.92. The summed E-state index contributed by atoms with van der Waals surface area (Å²) in [7, 11) is 0. The second-order valence-corrected chi connectivity index (χ2v) is 5.82. The number of ether oxygens (including phenoxy) is 1. The fourth-order valence-corrected chi connectivity index (χ4v) is 2.76. The summed E-state index contributed by atoms with van der Waals surface area (Å²) in [5.41, 5.74) is 1.71.